The number of hydrogen-bond acceptors (Lipinski definition) is 4. The number of carbonyl (C=O) groups excluding carboxylic acids is 1. The Bertz CT molecular complexity index is 412. The van der Waals surface area contributed by atoms with Gasteiger partial charge in [-0.1, -0.05) is 13.0 Å². The fraction of sp³-hybridized carbons (Fsp3) is 0.500. The second kappa shape index (κ2) is 7.08. The minimum absolute atomic E-state index is 0.132. The van der Waals surface area contributed by atoms with E-state index >= 15 is 0 Å². The molecule has 1 aliphatic heterocycles. The van der Waals surface area contributed by atoms with E-state index in [0.717, 1.165) is 0 Å². The molecule has 1 heterocycles. The van der Waals surface area contributed by atoms with Crippen LogP contribution >= 0.6 is 0 Å². The number of carbonyl (C=O) groups is 1. The van der Waals surface area contributed by atoms with Gasteiger partial charge in [0.1, 0.15) is 0 Å². The van der Waals surface area contributed by atoms with Crippen molar-refractivity contribution in [3.05, 3.63) is 23.9 Å². The van der Waals surface area contributed by atoms with Crippen LogP contribution in [0.5, 0.6) is 0 Å². The molecule has 6 nitrogen and oxygen atoms in total. The van der Waals surface area contributed by atoms with Gasteiger partial charge in [0.25, 0.3) is 10.1 Å². The lowest BCUT2D eigenvalue weighted by molar-refractivity contribution is -0.114. The second-order valence-corrected chi connectivity index (χ2v) is 5.17. The van der Waals surface area contributed by atoms with Crippen LogP contribution in [0.2, 0.25) is 0 Å². The Balaban J connectivity index is 0.000000325. The van der Waals surface area contributed by atoms with E-state index < -0.39 is 10.1 Å². The molecule has 1 aliphatic rings. The van der Waals surface area contributed by atoms with Gasteiger partial charge >= 0.3 is 0 Å². The Morgan fingerprint density at radius 3 is 2.41 bits per heavy atom. The Morgan fingerprint density at radius 1 is 1.59 bits per heavy atom. The van der Waals surface area contributed by atoms with Gasteiger partial charge in [0.05, 0.1) is 5.75 Å². The summed E-state index contributed by atoms with van der Waals surface area (Å²) in [6.07, 6.45) is 5.91. The highest BCUT2D eigenvalue weighted by molar-refractivity contribution is 7.85. The van der Waals surface area contributed by atoms with Gasteiger partial charge in [-0.3, -0.25) is 9.35 Å². The molecule has 17 heavy (non-hydrogen) atoms. The number of amides is 1. The van der Waals surface area contributed by atoms with Crippen LogP contribution in [0.3, 0.4) is 0 Å². The summed E-state index contributed by atoms with van der Waals surface area (Å²) in [6.45, 7) is 2.31. The molecule has 0 saturated carbocycles. The van der Waals surface area contributed by atoms with Crippen molar-refractivity contribution >= 4 is 16.0 Å². The maximum Gasteiger partial charge on any atom is 0.264 e. The zero-order valence-electron chi connectivity index (χ0n) is 9.96. The highest BCUT2D eigenvalue weighted by atomic mass is 32.2. The van der Waals surface area contributed by atoms with Crippen molar-refractivity contribution in [1.29, 1.82) is 0 Å². The lowest BCUT2D eigenvalue weighted by Crippen LogP contribution is -2.25. The molecule has 0 saturated heterocycles. The van der Waals surface area contributed by atoms with Crippen LogP contribution in [-0.4, -0.2) is 43.1 Å². The first-order valence-corrected chi connectivity index (χ1v) is 6.69. The zero-order chi connectivity index (χ0) is 13.5. The summed E-state index contributed by atoms with van der Waals surface area (Å²) < 4.78 is 27.6. The normalized spacial score (nSPS) is 14.8. The molecule has 1 rings (SSSR count). The van der Waals surface area contributed by atoms with Crippen LogP contribution in [0.1, 0.15) is 13.3 Å². The molecule has 98 valence electrons. The molecule has 7 heteroatoms. The van der Waals surface area contributed by atoms with E-state index in [-0.39, 0.29) is 11.7 Å². The average Bonchev–Trinajstić information content (AvgIpc) is 2.16. The Morgan fingerprint density at radius 2 is 2.18 bits per heavy atom. The molecule has 0 aromatic heterocycles. The lowest BCUT2D eigenvalue weighted by atomic mass is 10.2. The van der Waals surface area contributed by atoms with Crippen LogP contribution in [0.25, 0.3) is 0 Å². The maximum atomic E-state index is 10.6. The van der Waals surface area contributed by atoms with Gasteiger partial charge in [-0.15, -0.1) is 0 Å². The van der Waals surface area contributed by atoms with Gasteiger partial charge in [-0.25, -0.2) is 0 Å². The molecule has 0 aromatic carbocycles. The summed E-state index contributed by atoms with van der Waals surface area (Å²) in [5.41, 5.74) is 5.72. The van der Waals surface area contributed by atoms with Crippen LogP contribution < -0.4 is 5.73 Å². The van der Waals surface area contributed by atoms with E-state index in [4.69, 9.17) is 10.3 Å². The van der Waals surface area contributed by atoms with Crippen LogP contribution in [-0.2, 0) is 14.9 Å². The predicted octanol–water partition coefficient (Wildman–Crippen LogP) is 0.141. The third-order valence-electron chi connectivity index (χ3n) is 1.84. The van der Waals surface area contributed by atoms with E-state index in [1.165, 1.54) is 0 Å². The molecule has 0 aromatic rings. The first-order chi connectivity index (χ1) is 7.76. The highest BCUT2D eigenvalue weighted by Gasteiger charge is 2.07. The Labute approximate surface area is 102 Å². The quantitative estimate of drug-likeness (QED) is 0.705. The molecule has 1 amide bonds. The largest absolute Gasteiger partial charge is 0.376 e. The Kier molecular flexibility index (Phi) is 6.52. The van der Waals surface area contributed by atoms with Gasteiger partial charge < -0.3 is 10.6 Å². The number of likely N-dealkylation sites (N-methyl/N-ethyl adjacent to an activating group) is 1. The van der Waals surface area contributed by atoms with Crippen molar-refractivity contribution in [2.75, 3.05) is 19.3 Å². The van der Waals surface area contributed by atoms with E-state index in [2.05, 4.69) is 0 Å². The fourth-order valence-corrected chi connectivity index (χ4v) is 1.61. The van der Waals surface area contributed by atoms with Gasteiger partial charge in [-0.2, -0.15) is 8.42 Å². The molecule has 0 spiro atoms. The molecule has 3 N–H and O–H groups in total. The lowest BCUT2D eigenvalue weighted by Gasteiger charge is -2.17. The minimum Gasteiger partial charge on any atom is -0.376 e. The summed E-state index contributed by atoms with van der Waals surface area (Å²) in [6, 6.07) is 0. The van der Waals surface area contributed by atoms with Crippen molar-refractivity contribution in [2.45, 2.75) is 13.3 Å². The number of nitrogens with two attached hydrogens (primary N) is 1. The molecule has 0 unspecified atom stereocenters. The molecule has 0 aliphatic carbocycles. The van der Waals surface area contributed by atoms with Crippen molar-refractivity contribution in [2.24, 2.45) is 5.73 Å². The molecule has 0 bridgehead atoms. The first kappa shape index (κ1) is 15.7. The van der Waals surface area contributed by atoms with Crippen molar-refractivity contribution < 1.29 is 17.8 Å². The number of nitrogens with zero attached hydrogens (tertiary/aromatic N) is 1. The smallest absolute Gasteiger partial charge is 0.264 e. The minimum atomic E-state index is -3.67. The van der Waals surface area contributed by atoms with E-state index in [9.17, 15) is 13.2 Å². The van der Waals surface area contributed by atoms with E-state index in [1.54, 1.807) is 13.0 Å². The van der Waals surface area contributed by atoms with Gasteiger partial charge in [0.15, 0.2) is 0 Å². The number of hydrogen-bond donors (Lipinski definition) is 2. The Hall–Kier alpha value is -1.34. The standard InChI is InChI=1S/C7H10N2O.C3H8O3S/c1-9-4-2-3-6(5-9)7(8)10;1-2-3-7(4,5)6/h2-4H,5H2,1H3,(H2,8,10);2-3H2,1H3,(H,4,5,6). The summed E-state index contributed by atoms with van der Waals surface area (Å²) in [7, 11) is -1.78. The summed E-state index contributed by atoms with van der Waals surface area (Å²) in [5, 5.41) is 0. The van der Waals surface area contributed by atoms with Crippen LogP contribution in [0, 0.1) is 0 Å². The van der Waals surface area contributed by atoms with E-state index in [0.29, 0.717) is 18.5 Å². The van der Waals surface area contributed by atoms with Gasteiger partial charge in [0.2, 0.25) is 5.91 Å². The topological polar surface area (TPSA) is 101 Å². The molecule has 0 fully saturated rings. The third-order valence-corrected chi connectivity index (χ3v) is 2.76. The van der Waals surface area contributed by atoms with E-state index in [1.807, 2.05) is 24.2 Å². The SMILES string of the molecule is CCCS(=O)(=O)O.CN1C=CC=C(C(N)=O)C1. The first-order valence-electron chi connectivity index (χ1n) is 5.09. The number of primary amides is 1. The van der Waals surface area contributed by atoms with Crippen molar-refractivity contribution in [1.82, 2.24) is 4.90 Å². The predicted molar refractivity (Wildman–Crippen MR) is 65.8 cm³/mol. The third kappa shape index (κ3) is 8.47. The second-order valence-electron chi connectivity index (χ2n) is 3.60. The van der Waals surface area contributed by atoms with Crippen molar-refractivity contribution in [3.63, 3.8) is 0 Å². The molecular formula is C10H18N2O4S. The zero-order valence-corrected chi connectivity index (χ0v) is 10.8. The average molecular weight is 262 g/mol. The van der Waals surface area contributed by atoms with Crippen LogP contribution in [0.15, 0.2) is 23.9 Å². The monoisotopic (exact) mass is 262 g/mol. The summed E-state index contributed by atoms with van der Waals surface area (Å²) in [4.78, 5) is 12.5. The summed E-state index contributed by atoms with van der Waals surface area (Å²) in [5.74, 6) is -0.469. The molecule has 0 radical (unpaired) electrons. The molecule has 0 atom stereocenters. The maximum absolute atomic E-state index is 10.6. The van der Waals surface area contributed by atoms with Crippen LogP contribution in [0.4, 0.5) is 0 Å². The highest BCUT2D eigenvalue weighted by Crippen LogP contribution is 2.03. The summed E-state index contributed by atoms with van der Waals surface area (Å²) >= 11 is 0. The molecular weight excluding hydrogens is 244 g/mol. The fourth-order valence-electron chi connectivity index (χ4n) is 1.10. The number of rotatable bonds is 3. The number of allylic oxidation sites excluding steroid dienone is 2. The van der Waals surface area contributed by atoms with Gasteiger partial charge in [0, 0.05) is 19.2 Å². The van der Waals surface area contributed by atoms with Gasteiger partial charge in [-0.05, 0) is 18.7 Å². The van der Waals surface area contributed by atoms with Crippen molar-refractivity contribution in [3.8, 4) is 0 Å².